The number of hydrogen-bond acceptors (Lipinski definition) is 5. The molecule has 6 nitrogen and oxygen atoms in total. The Labute approximate surface area is 99.9 Å². The highest BCUT2D eigenvalue weighted by molar-refractivity contribution is 5.73. The third-order valence-corrected chi connectivity index (χ3v) is 2.62. The lowest BCUT2D eigenvalue weighted by Gasteiger charge is -2.22. The van der Waals surface area contributed by atoms with E-state index >= 15 is 0 Å². The first-order valence-electron chi connectivity index (χ1n) is 5.56. The van der Waals surface area contributed by atoms with Crippen LogP contribution in [0.3, 0.4) is 0 Å². The van der Waals surface area contributed by atoms with Crippen LogP contribution in [-0.2, 0) is 4.79 Å². The molecule has 0 atom stereocenters. The van der Waals surface area contributed by atoms with E-state index in [0.29, 0.717) is 17.8 Å². The van der Waals surface area contributed by atoms with E-state index in [1.807, 2.05) is 19.0 Å². The summed E-state index contributed by atoms with van der Waals surface area (Å²) in [6, 6.07) is 2.07. The smallest absolute Gasteiger partial charge is 0.323 e. The van der Waals surface area contributed by atoms with Crippen LogP contribution in [0.5, 0.6) is 0 Å². The van der Waals surface area contributed by atoms with Crippen molar-refractivity contribution in [1.82, 2.24) is 9.97 Å². The largest absolute Gasteiger partial charge is 0.480 e. The van der Waals surface area contributed by atoms with Crippen molar-refractivity contribution in [3.63, 3.8) is 0 Å². The van der Waals surface area contributed by atoms with Gasteiger partial charge in [0.25, 0.3) is 0 Å². The lowest BCUT2D eigenvalue weighted by Crippen LogP contribution is -2.32. The molecule has 2 rings (SSSR count). The summed E-state index contributed by atoms with van der Waals surface area (Å²) < 4.78 is 0. The first-order chi connectivity index (χ1) is 8.08. The maximum absolute atomic E-state index is 10.8. The molecule has 1 aromatic heterocycles. The van der Waals surface area contributed by atoms with Crippen molar-refractivity contribution in [2.24, 2.45) is 0 Å². The summed E-state index contributed by atoms with van der Waals surface area (Å²) in [5.41, 5.74) is 0. The molecule has 1 aliphatic rings. The van der Waals surface area contributed by atoms with Gasteiger partial charge in [-0.3, -0.25) is 4.79 Å². The fourth-order valence-electron chi connectivity index (χ4n) is 1.64. The number of aliphatic carboxylic acids is 1. The second kappa shape index (κ2) is 4.57. The average molecular weight is 236 g/mol. The van der Waals surface area contributed by atoms with Gasteiger partial charge in [-0.05, 0) is 18.9 Å². The van der Waals surface area contributed by atoms with Crippen LogP contribution >= 0.6 is 0 Å². The highest BCUT2D eigenvalue weighted by Gasteiger charge is 2.31. The van der Waals surface area contributed by atoms with E-state index in [1.165, 1.54) is 0 Å². The van der Waals surface area contributed by atoms with Crippen molar-refractivity contribution in [2.75, 3.05) is 30.4 Å². The van der Waals surface area contributed by atoms with Gasteiger partial charge < -0.3 is 14.9 Å². The van der Waals surface area contributed by atoms with Crippen LogP contribution in [0.2, 0.25) is 0 Å². The third kappa shape index (κ3) is 2.83. The number of rotatable bonds is 5. The molecular weight excluding hydrogens is 220 g/mol. The maximum atomic E-state index is 10.8. The zero-order valence-electron chi connectivity index (χ0n) is 10.00. The van der Waals surface area contributed by atoms with Crippen LogP contribution < -0.4 is 9.80 Å². The fourth-order valence-corrected chi connectivity index (χ4v) is 1.64. The second-order valence-electron chi connectivity index (χ2n) is 4.36. The van der Waals surface area contributed by atoms with E-state index in [1.54, 1.807) is 17.2 Å². The zero-order chi connectivity index (χ0) is 12.4. The SMILES string of the molecule is CN(C)c1nccc(N(CC(=O)O)C2CC2)n1. The Bertz CT molecular complexity index is 418. The molecule has 0 spiro atoms. The van der Waals surface area contributed by atoms with Crippen LogP contribution in [0, 0.1) is 0 Å². The van der Waals surface area contributed by atoms with Crippen molar-refractivity contribution in [3.8, 4) is 0 Å². The molecule has 6 heteroatoms. The molecular formula is C11H16N4O2. The van der Waals surface area contributed by atoms with Gasteiger partial charge in [0, 0.05) is 26.3 Å². The van der Waals surface area contributed by atoms with Gasteiger partial charge in [-0.2, -0.15) is 4.98 Å². The summed E-state index contributed by atoms with van der Waals surface area (Å²) in [5.74, 6) is 0.453. The van der Waals surface area contributed by atoms with Gasteiger partial charge >= 0.3 is 5.97 Å². The number of nitrogens with zero attached hydrogens (tertiary/aromatic N) is 4. The highest BCUT2D eigenvalue weighted by atomic mass is 16.4. The number of carboxylic acid groups (broad SMARTS) is 1. The number of aromatic nitrogens is 2. The van der Waals surface area contributed by atoms with E-state index in [-0.39, 0.29) is 6.54 Å². The quantitative estimate of drug-likeness (QED) is 0.807. The first kappa shape index (κ1) is 11.6. The predicted molar refractivity (Wildman–Crippen MR) is 64.4 cm³/mol. The normalized spacial score (nSPS) is 14.5. The molecule has 0 bridgehead atoms. The van der Waals surface area contributed by atoms with Gasteiger partial charge in [-0.1, -0.05) is 0 Å². The predicted octanol–water partition coefficient (Wildman–Crippen LogP) is 0.596. The Hall–Kier alpha value is -1.85. The molecule has 0 unspecified atom stereocenters. The number of carboxylic acids is 1. The summed E-state index contributed by atoms with van der Waals surface area (Å²) >= 11 is 0. The van der Waals surface area contributed by atoms with Crippen LogP contribution in [0.25, 0.3) is 0 Å². The Kier molecular flexibility index (Phi) is 3.12. The summed E-state index contributed by atoms with van der Waals surface area (Å²) in [5, 5.41) is 8.90. The van der Waals surface area contributed by atoms with E-state index in [9.17, 15) is 4.79 Å². The molecule has 0 radical (unpaired) electrons. The van der Waals surface area contributed by atoms with Crippen molar-refractivity contribution >= 4 is 17.7 Å². The Morgan fingerprint density at radius 3 is 2.76 bits per heavy atom. The van der Waals surface area contributed by atoms with Crippen LogP contribution in [0.15, 0.2) is 12.3 Å². The molecule has 1 aliphatic carbocycles. The van der Waals surface area contributed by atoms with Crippen molar-refractivity contribution in [2.45, 2.75) is 18.9 Å². The molecule has 17 heavy (non-hydrogen) atoms. The first-order valence-corrected chi connectivity index (χ1v) is 5.56. The number of hydrogen-bond donors (Lipinski definition) is 1. The Morgan fingerprint density at radius 2 is 2.24 bits per heavy atom. The summed E-state index contributed by atoms with van der Waals surface area (Å²) in [4.78, 5) is 23.0. The average Bonchev–Trinajstić information content (AvgIpc) is 3.09. The minimum Gasteiger partial charge on any atom is -0.480 e. The van der Waals surface area contributed by atoms with Gasteiger partial charge in [0.15, 0.2) is 0 Å². The van der Waals surface area contributed by atoms with Gasteiger partial charge in [-0.15, -0.1) is 0 Å². The summed E-state index contributed by atoms with van der Waals surface area (Å²) in [6.45, 7) is -0.00541. The summed E-state index contributed by atoms with van der Waals surface area (Å²) in [7, 11) is 3.72. The molecule has 1 N–H and O–H groups in total. The van der Waals surface area contributed by atoms with E-state index in [4.69, 9.17) is 5.11 Å². The molecule has 92 valence electrons. The number of anilines is 2. The molecule has 0 amide bonds. The summed E-state index contributed by atoms with van der Waals surface area (Å²) in [6.07, 6.45) is 3.73. The molecule has 1 heterocycles. The number of carbonyl (C=O) groups is 1. The molecule has 0 aliphatic heterocycles. The van der Waals surface area contributed by atoms with Crippen molar-refractivity contribution < 1.29 is 9.90 Å². The highest BCUT2D eigenvalue weighted by Crippen LogP contribution is 2.30. The van der Waals surface area contributed by atoms with E-state index < -0.39 is 5.97 Å². The lowest BCUT2D eigenvalue weighted by molar-refractivity contribution is -0.135. The van der Waals surface area contributed by atoms with Crippen LogP contribution in [0.1, 0.15) is 12.8 Å². The molecule has 1 aromatic rings. The van der Waals surface area contributed by atoms with Crippen LogP contribution in [0.4, 0.5) is 11.8 Å². The van der Waals surface area contributed by atoms with Gasteiger partial charge in [0.1, 0.15) is 12.4 Å². The molecule has 0 aromatic carbocycles. The maximum Gasteiger partial charge on any atom is 0.323 e. The minimum atomic E-state index is -0.832. The Balaban J connectivity index is 2.22. The third-order valence-electron chi connectivity index (χ3n) is 2.62. The zero-order valence-corrected chi connectivity index (χ0v) is 10.00. The van der Waals surface area contributed by atoms with Crippen molar-refractivity contribution in [3.05, 3.63) is 12.3 Å². The standard InChI is InChI=1S/C11H16N4O2/c1-14(2)11-12-6-5-9(13-11)15(7-10(16)17)8-3-4-8/h5-6,8H,3-4,7H2,1-2H3,(H,16,17). The van der Waals surface area contributed by atoms with E-state index in [2.05, 4.69) is 9.97 Å². The lowest BCUT2D eigenvalue weighted by atomic mass is 10.4. The van der Waals surface area contributed by atoms with E-state index in [0.717, 1.165) is 12.8 Å². The minimum absolute atomic E-state index is 0.00541. The molecule has 0 saturated heterocycles. The van der Waals surface area contributed by atoms with Gasteiger partial charge in [0.2, 0.25) is 5.95 Å². The Morgan fingerprint density at radius 1 is 1.53 bits per heavy atom. The van der Waals surface area contributed by atoms with Gasteiger partial charge in [0.05, 0.1) is 0 Å². The monoisotopic (exact) mass is 236 g/mol. The molecule has 1 saturated carbocycles. The molecule has 1 fully saturated rings. The topological polar surface area (TPSA) is 69.6 Å². The fraction of sp³-hybridized carbons (Fsp3) is 0.545. The van der Waals surface area contributed by atoms with Gasteiger partial charge in [-0.25, -0.2) is 4.98 Å². The second-order valence-corrected chi connectivity index (χ2v) is 4.36. The van der Waals surface area contributed by atoms with Crippen molar-refractivity contribution in [1.29, 1.82) is 0 Å². The van der Waals surface area contributed by atoms with Crippen LogP contribution in [-0.4, -0.2) is 47.7 Å².